The van der Waals surface area contributed by atoms with Crippen LogP contribution in [0.1, 0.15) is 0 Å². The van der Waals surface area contributed by atoms with Gasteiger partial charge in [0.15, 0.2) is 5.90 Å². The summed E-state index contributed by atoms with van der Waals surface area (Å²) in [7, 11) is -8.58. The smallest absolute Gasteiger partial charge is 0.151 e. The molecule has 2 unspecified atom stereocenters. The molecule has 88 valence electrons. The van der Waals surface area contributed by atoms with Gasteiger partial charge in [-0.1, -0.05) is 0 Å². The Morgan fingerprint density at radius 3 is 1.79 bits per heavy atom. The predicted molar refractivity (Wildman–Crippen MR) is 44.8 cm³/mol. The van der Waals surface area contributed by atoms with Crippen molar-refractivity contribution in [2.75, 3.05) is 18.1 Å². The fraction of sp³-hybridized carbons (Fsp3) is 1.00. The van der Waals surface area contributed by atoms with Crippen LogP contribution >= 0.6 is 17.2 Å². The summed E-state index contributed by atoms with van der Waals surface area (Å²) in [5.74, 6) is 0.988. The molecule has 0 rings (SSSR count). The van der Waals surface area contributed by atoms with Crippen LogP contribution < -0.4 is 18.6 Å². The number of hydrogen-bond donors (Lipinski definition) is 0. The Kier molecular flexibility index (Phi) is 10.0. The van der Waals surface area contributed by atoms with Gasteiger partial charge in [-0.2, -0.15) is 0 Å². The van der Waals surface area contributed by atoms with Crippen molar-refractivity contribution in [3.05, 3.63) is 0 Å². The average molecular weight is 289 g/mol. The fourth-order valence-electron chi connectivity index (χ4n) is 0.379. The van der Waals surface area contributed by atoms with Gasteiger partial charge in [-0.15, -0.1) is 10.2 Å². The molecule has 2 atom stereocenters. The number of rotatable bonds is 4. The summed E-state index contributed by atoms with van der Waals surface area (Å²) >= 11 is 0. The van der Waals surface area contributed by atoms with Crippen LogP contribution in [0.4, 0.5) is 0 Å². The third kappa shape index (κ3) is 38.4. The fourth-order valence-corrected chi connectivity index (χ4v) is 4.64. The largest absolute Gasteiger partial charge is 0.745 e. The molecule has 0 N–H and O–H groups in total. The van der Waals surface area contributed by atoms with E-state index in [-0.39, 0.29) is 14.1 Å². The second-order valence-electron chi connectivity index (χ2n) is 2.03. The molecule has 0 aromatic carbocycles. The highest BCUT2D eigenvalue weighted by molar-refractivity contribution is 7.91. The Labute approximate surface area is 87.6 Å². The third-order valence-electron chi connectivity index (χ3n) is 0.724. The van der Waals surface area contributed by atoms with Crippen molar-refractivity contribution in [2.24, 2.45) is 0 Å². The topological polar surface area (TPSA) is 149 Å². The molecule has 0 aliphatic carbocycles. The first-order valence-electron chi connectivity index (χ1n) is 3.21. The molecule has 0 fully saturated rings. The minimum absolute atomic E-state index is 0.103. The van der Waals surface area contributed by atoms with Crippen LogP contribution in [0, 0.1) is 10.2 Å². The first-order valence-corrected chi connectivity index (χ1v) is 9.62. The highest BCUT2D eigenvalue weighted by atomic mass is 35.7. The lowest BCUT2D eigenvalue weighted by Crippen LogP contribution is -2.68. The lowest BCUT2D eigenvalue weighted by Gasteiger charge is -2.17. The molecule has 0 saturated heterocycles. The van der Waals surface area contributed by atoms with Crippen LogP contribution in [0.15, 0.2) is 0 Å². The van der Waals surface area contributed by atoms with E-state index in [1.807, 2.05) is 0 Å². The number of halogens is 1. The molecule has 0 aliphatic heterocycles. The maximum absolute atomic E-state index is 9.98. The van der Waals surface area contributed by atoms with Gasteiger partial charge in [0.1, 0.15) is 15.6 Å². The molecule has 11 heteroatoms. The highest BCUT2D eigenvalue weighted by Gasteiger charge is 2.00. The van der Waals surface area contributed by atoms with E-state index in [4.69, 9.17) is 18.6 Å². The molecule has 0 amide bonds. The second-order valence-corrected chi connectivity index (χ2v) is 8.52. The second kappa shape index (κ2) is 8.10. The molecule has 0 aromatic rings. The molecule has 0 radical (unpaired) electrons. The lowest BCUT2D eigenvalue weighted by molar-refractivity contribution is -2.00. The normalized spacial score (nSPS) is 13.6. The first-order chi connectivity index (χ1) is 6.06. The van der Waals surface area contributed by atoms with Crippen LogP contribution in [0.25, 0.3) is 0 Å². The van der Waals surface area contributed by atoms with Crippen molar-refractivity contribution in [3.63, 3.8) is 0 Å². The van der Waals surface area contributed by atoms with Crippen molar-refractivity contribution in [2.45, 2.75) is 0 Å². The average Bonchev–Trinajstić information content (AvgIpc) is 1.80. The summed E-state index contributed by atoms with van der Waals surface area (Å²) in [5.41, 5.74) is -0.103. The molecule has 0 aliphatic rings. The third-order valence-corrected chi connectivity index (χ3v) is 6.52. The van der Waals surface area contributed by atoms with Crippen molar-refractivity contribution >= 4 is 27.3 Å². The van der Waals surface area contributed by atoms with E-state index >= 15 is 0 Å². The van der Waals surface area contributed by atoms with Crippen LogP contribution in [0.2, 0.25) is 0 Å². The molecule has 0 bridgehead atoms. The molecule has 0 aromatic heterocycles. The standard InChI is InChI=1S/C3H10O3P2S.ClHO4/c1-7-2-8-3-9(4,5)6;2-1(3,4)5/h7-8H,2-3H2,1H3,(H,4,5,6);(H,2,3,4,5). The van der Waals surface area contributed by atoms with Gasteiger partial charge >= 0.3 is 0 Å². The minimum Gasteiger partial charge on any atom is -0.745 e. The molecular formula is C3H11ClO7P2S. The van der Waals surface area contributed by atoms with Gasteiger partial charge in [0, 0.05) is 23.8 Å². The van der Waals surface area contributed by atoms with Crippen LogP contribution in [-0.4, -0.2) is 31.0 Å². The SMILES string of the molecule is C[PH2+]C[PH2+]CS(=O)(=O)[O-].[O-][Cl+3]([O-])([O-])[O-]. The van der Waals surface area contributed by atoms with Gasteiger partial charge in [0.25, 0.3) is 0 Å². The van der Waals surface area contributed by atoms with Crippen LogP contribution in [0.5, 0.6) is 0 Å². The highest BCUT2D eigenvalue weighted by Crippen LogP contribution is 2.21. The summed E-state index contributed by atoms with van der Waals surface area (Å²) in [5, 5.41) is 0. The maximum atomic E-state index is 9.98. The van der Waals surface area contributed by atoms with Gasteiger partial charge in [-0.3, -0.25) is 0 Å². The molecule has 14 heavy (non-hydrogen) atoms. The summed E-state index contributed by atoms with van der Waals surface area (Å²) < 4.78 is 63.9. The summed E-state index contributed by atoms with van der Waals surface area (Å²) in [6, 6.07) is 0. The van der Waals surface area contributed by atoms with E-state index in [0.717, 1.165) is 5.90 Å². The summed E-state index contributed by atoms with van der Waals surface area (Å²) in [6.45, 7) is 2.06. The predicted octanol–water partition coefficient (Wildman–Crippen LogP) is -4.86. The summed E-state index contributed by atoms with van der Waals surface area (Å²) in [6.07, 6.45) is 0. The van der Waals surface area contributed by atoms with Gasteiger partial charge in [-0.05, 0) is 0 Å². The maximum Gasteiger partial charge on any atom is 0.151 e. The number of hydrogen-bond acceptors (Lipinski definition) is 7. The minimum atomic E-state index is -4.94. The Balaban J connectivity index is 0. The monoisotopic (exact) mass is 288 g/mol. The van der Waals surface area contributed by atoms with E-state index in [9.17, 15) is 13.0 Å². The van der Waals surface area contributed by atoms with E-state index in [2.05, 4.69) is 6.66 Å². The summed E-state index contributed by atoms with van der Waals surface area (Å²) in [4.78, 5) is 0. The van der Waals surface area contributed by atoms with Crippen molar-refractivity contribution in [1.82, 2.24) is 0 Å². The van der Waals surface area contributed by atoms with E-state index < -0.39 is 20.4 Å². The van der Waals surface area contributed by atoms with E-state index in [1.165, 1.54) is 0 Å². The molecule has 0 saturated carbocycles. The van der Waals surface area contributed by atoms with Gasteiger partial charge in [0.05, 0.1) is 0 Å². The van der Waals surface area contributed by atoms with Gasteiger partial charge in [-0.25, -0.2) is 27.1 Å². The molecule has 0 heterocycles. The zero-order valence-electron chi connectivity index (χ0n) is 7.21. The quantitative estimate of drug-likeness (QED) is 0.286. The van der Waals surface area contributed by atoms with Gasteiger partial charge in [0.2, 0.25) is 0 Å². The van der Waals surface area contributed by atoms with Crippen molar-refractivity contribution in [3.8, 4) is 0 Å². The van der Waals surface area contributed by atoms with Crippen molar-refractivity contribution in [1.29, 1.82) is 0 Å². The molecular weight excluding hydrogens is 277 g/mol. The van der Waals surface area contributed by atoms with E-state index in [0.29, 0.717) is 8.58 Å². The Morgan fingerprint density at radius 1 is 1.21 bits per heavy atom. The molecule has 7 nitrogen and oxygen atoms in total. The van der Waals surface area contributed by atoms with Gasteiger partial charge < -0.3 is 4.55 Å². The Morgan fingerprint density at radius 2 is 1.57 bits per heavy atom. The van der Waals surface area contributed by atoms with Crippen LogP contribution in [0.3, 0.4) is 0 Å². The van der Waals surface area contributed by atoms with E-state index in [1.54, 1.807) is 0 Å². The Bertz CT molecular complexity index is 218. The van der Waals surface area contributed by atoms with Crippen molar-refractivity contribution < 1.29 is 41.8 Å². The lowest BCUT2D eigenvalue weighted by atomic mass is 11.8. The zero-order chi connectivity index (χ0) is 11.8. The van der Waals surface area contributed by atoms with Crippen LogP contribution in [-0.2, 0) is 10.1 Å². The Hall–Kier alpha value is 0.900. The zero-order valence-corrected chi connectivity index (χ0v) is 11.1. The molecule has 0 spiro atoms. The first kappa shape index (κ1) is 17.3.